The number of carbonyl (C=O) groups is 1. The number of nitrogens with zero attached hydrogens (tertiary/aromatic N) is 2. The average molecular weight is 262 g/mol. The van der Waals surface area contributed by atoms with Crippen LogP contribution in [0.2, 0.25) is 0 Å². The summed E-state index contributed by atoms with van der Waals surface area (Å²) in [6, 6.07) is 0.386. The maximum Gasteiger partial charge on any atom is 0.265 e. The fourth-order valence-electron chi connectivity index (χ4n) is 1.73. The summed E-state index contributed by atoms with van der Waals surface area (Å²) in [5.41, 5.74) is 0. The average Bonchev–Trinajstić information content (AvgIpc) is 2.64. The molecule has 0 aromatic carbocycles. The number of hydrogen-bond donors (Lipinski definition) is 1. The molecular weight excluding hydrogens is 246 g/mol. The first-order valence-corrected chi connectivity index (χ1v) is 5.93. The molecule has 1 amide bonds. The van der Waals surface area contributed by atoms with Gasteiger partial charge in [-0.25, -0.2) is 4.98 Å². The van der Waals surface area contributed by atoms with Crippen LogP contribution < -0.4 is 5.32 Å². The SMILES string of the molecule is Cc1ncc(C(=O)N2CCN[C@H](C)C2)s1.Cl. The van der Waals surface area contributed by atoms with E-state index in [1.165, 1.54) is 11.3 Å². The van der Waals surface area contributed by atoms with E-state index in [1.54, 1.807) is 6.20 Å². The Bertz CT molecular complexity index is 369. The summed E-state index contributed by atoms with van der Waals surface area (Å²) < 4.78 is 0. The molecule has 0 aliphatic carbocycles. The van der Waals surface area contributed by atoms with Crippen molar-refractivity contribution in [3.05, 3.63) is 16.1 Å². The summed E-state index contributed by atoms with van der Waals surface area (Å²) in [7, 11) is 0. The zero-order valence-electron chi connectivity index (χ0n) is 9.40. The van der Waals surface area contributed by atoms with Gasteiger partial charge in [0, 0.05) is 25.7 Å². The zero-order valence-corrected chi connectivity index (χ0v) is 11.0. The van der Waals surface area contributed by atoms with Crippen LogP contribution >= 0.6 is 23.7 Å². The summed E-state index contributed by atoms with van der Waals surface area (Å²) >= 11 is 1.47. The van der Waals surface area contributed by atoms with Crippen molar-refractivity contribution in [3.8, 4) is 0 Å². The van der Waals surface area contributed by atoms with E-state index in [0.717, 1.165) is 29.5 Å². The molecule has 16 heavy (non-hydrogen) atoms. The number of carbonyl (C=O) groups excluding carboxylic acids is 1. The van der Waals surface area contributed by atoms with Gasteiger partial charge in [0.2, 0.25) is 0 Å². The first-order chi connectivity index (χ1) is 7.16. The molecule has 1 atom stereocenters. The van der Waals surface area contributed by atoms with Crippen molar-refractivity contribution in [1.29, 1.82) is 0 Å². The Labute approximate surface area is 105 Å². The molecule has 1 fully saturated rings. The van der Waals surface area contributed by atoms with E-state index in [0.29, 0.717) is 6.04 Å². The lowest BCUT2D eigenvalue weighted by Gasteiger charge is -2.31. The maximum absolute atomic E-state index is 12.0. The van der Waals surface area contributed by atoms with Crippen LogP contribution in [0.4, 0.5) is 0 Å². The molecule has 2 rings (SSSR count). The number of aryl methyl sites for hydroxylation is 1. The lowest BCUT2D eigenvalue weighted by Crippen LogP contribution is -2.51. The molecule has 0 bridgehead atoms. The lowest BCUT2D eigenvalue weighted by atomic mass is 10.2. The van der Waals surface area contributed by atoms with Crippen molar-refractivity contribution >= 4 is 29.7 Å². The predicted octanol–water partition coefficient (Wildman–Crippen LogP) is 1.31. The number of nitrogens with one attached hydrogen (secondary N) is 1. The molecular formula is C10H16ClN3OS. The number of hydrogen-bond acceptors (Lipinski definition) is 4. The molecule has 1 N–H and O–H groups in total. The second kappa shape index (κ2) is 5.61. The fourth-order valence-corrected chi connectivity index (χ4v) is 2.48. The highest BCUT2D eigenvalue weighted by Crippen LogP contribution is 2.15. The molecule has 0 radical (unpaired) electrons. The topological polar surface area (TPSA) is 45.2 Å². The van der Waals surface area contributed by atoms with E-state index in [9.17, 15) is 4.79 Å². The van der Waals surface area contributed by atoms with Gasteiger partial charge in [-0.15, -0.1) is 23.7 Å². The van der Waals surface area contributed by atoms with Crippen LogP contribution in [0.15, 0.2) is 6.20 Å². The minimum absolute atomic E-state index is 0. The molecule has 6 heteroatoms. The van der Waals surface area contributed by atoms with Gasteiger partial charge >= 0.3 is 0 Å². The summed E-state index contributed by atoms with van der Waals surface area (Å²) in [5.74, 6) is 0.119. The van der Waals surface area contributed by atoms with Crippen LogP contribution in [0.1, 0.15) is 21.6 Å². The van der Waals surface area contributed by atoms with Crippen LogP contribution in [0.3, 0.4) is 0 Å². The molecule has 4 nitrogen and oxygen atoms in total. The molecule has 0 unspecified atom stereocenters. The number of piperazine rings is 1. The van der Waals surface area contributed by atoms with E-state index in [1.807, 2.05) is 11.8 Å². The largest absolute Gasteiger partial charge is 0.335 e. The first kappa shape index (κ1) is 13.4. The van der Waals surface area contributed by atoms with Crippen molar-refractivity contribution in [2.75, 3.05) is 19.6 Å². The van der Waals surface area contributed by atoms with Gasteiger partial charge in [0.15, 0.2) is 0 Å². The van der Waals surface area contributed by atoms with Crippen LogP contribution in [-0.2, 0) is 0 Å². The standard InChI is InChI=1S/C10H15N3OS.ClH/c1-7-6-13(4-3-11-7)10(14)9-5-12-8(2)15-9;/h5,7,11H,3-4,6H2,1-2H3;1H/t7-;/m1./s1. The monoisotopic (exact) mass is 261 g/mol. The van der Waals surface area contributed by atoms with Gasteiger partial charge in [-0.3, -0.25) is 4.79 Å². The van der Waals surface area contributed by atoms with Gasteiger partial charge in [0.05, 0.1) is 11.2 Å². The summed E-state index contributed by atoms with van der Waals surface area (Å²) in [6.45, 7) is 6.47. The minimum Gasteiger partial charge on any atom is -0.335 e. The minimum atomic E-state index is 0. The Kier molecular flexibility index (Phi) is 4.70. The molecule has 1 aliphatic heterocycles. The Hall–Kier alpha value is -0.650. The highest BCUT2D eigenvalue weighted by atomic mass is 35.5. The predicted molar refractivity (Wildman–Crippen MR) is 67.5 cm³/mol. The summed E-state index contributed by atoms with van der Waals surface area (Å²) in [6.07, 6.45) is 1.68. The van der Waals surface area contributed by atoms with Crippen LogP contribution in [-0.4, -0.2) is 41.5 Å². The molecule has 1 aromatic rings. The van der Waals surface area contributed by atoms with Gasteiger partial charge in [-0.1, -0.05) is 0 Å². The summed E-state index contributed by atoms with van der Waals surface area (Å²) in [5, 5.41) is 4.26. The Balaban J connectivity index is 0.00000128. The maximum atomic E-state index is 12.0. The van der Waals surface area contributed by atoms with Crippen molar-refractivity contribution in [1.82, 2.24) is 15.2 Å². The van der Waals surface area contributed by atoms with Gasteiger partial charge in [-0.05, 0) is 13.8 Å². The third-order valence-corrected chi connectivity index (χ3v) is 3.39. The van der Waals surface area contributed by atoms with Gasteiger partial charge in [0.25, 0.3) is 5.91 Å². The van der Waals surface area contributed by atoms with Gasteiger partial charge in [0.1, 0.15) is 4.88 Å². The molecule has 2 heterocycles. The molecule has 0 saturated carbocycles. The van der Waals surface area contributed by atoms with Crippen LogP contribution in [0.25, 0.3) is 0 Å². The van der Waals surface area contributed by atoms with Crippen LogP contribution in [0.5, 0.6) is 0 Å². The van der Waals surface area contributed by atoms with Crippen molar-refractivity contribution in [2.24, 2.45) is 0 Å². The molecule has 90 valence electrons. The zero-order chi connectivity index (χ0) is 10.8. The lowest BCUT2D eigenvalue weighted by molar-refractivity contribution is 0.0714. The van der Waals surface area contributed by atoms with E-state index in [-0.39, 0.29) is 18.3 Å². The fraction of sp³-hybridized carbons (Fsp3) is 0.600. The molecule has 1 aromatic heterocycles. The Morgan fingerprint density at radius 1 is 1.69 bits per heavy atom. The normalized spacial score (nSPS) is 20.4. The first-order valence-electron chi connectivity index (χ1n) is 5.12. The Morgan fingerprint density at radius 2 is 2.44 bits per heavy atom. The van der Waals surface area contributed by atoms with Crippen molar-refractivity contribution in [2.45, 2.75) is 19.9 Å². The van der Waals surface area contributed by atoms with Gasteiger partial charge < -0.3 is 10.2 Å². The number of aromatic nitrogens is 1. The van der Waals surface area contributed by atoms with E-state index in [2.05, 4.69) is 17.2 Å². The smallest absolute Gasteiger partial charge is 0.265 e. The molecule has 1 aliphatic rings. The quantitative estimate of drug-likeness (QED) is 0.829. The van der Waals surface area contributed by atoms with Gasteiger partial charge in [-0.2, -0.15) is 0 Å². The van der Waals surface area contributed by atoms with Crippen molar-refractivity contribution < 1.29 is 4.79 Å². The second-order valence-corrected chi connectivity index (χ2v) is 5.08. The van der Waals surface area contributed by atoms with E-state index in [4.69, 9.17) is 0 Å². The highest BCUT2D eigenvalue weighted by molar-refractivity contribution is 7.13. The third kappa shape index (κ3) is 2.93. The second-order valence-electron chi connectivity index (χ2n) is 3.85. The van der Waals surface area contributed by atoms with Crippen LogP contribution in [0, 0.1) is 6.92 Å². The van der Waals surface area contributed by atoms with Crippen molar-refractivity contribution in [3.63, 3.8) is 0 Å². The highest BCUT2D eigenvalue weighted by Gasteiger charge is 2.22. The number of halogens is 1. The number of thiazole rings is 1. The number of rotatable bonds is 1. The Morgan fingerprint density at radius 3 is 3.00 bits per heavy atom. The molecule has 1 saturated heterocycles. The van der Waals surface area contributed by atoms with E-state index >= 15 is 0 Å². The third-order valence-electron chi connectivity index (χ3n) is 2.49. The van der Waals surface area contributed by atoms with E-state index < -0.39 is 0 Å². The molecule has 0 spiro atoms. The summed E-state index contributed by atoms with van der Waals surface area (Å²) in [4.78, 5) is 18.8. The number of amides is 1.